The molecule has 102 valence electrons. The van der Waals surface area contributed by atoms with E-state index >= 15 is 0 Å². The number of nitrogens with zero attached hydrogens (tertiary/aromatic N) is 1. The Balaban J connectivity index is 1.99. The zero-order chi connectivity index (χ0) is 14.1. The van der Waals surface area contributed by atoms with Crippen molar-refractivity contribution < 1.29 is 15.0 Å². The molecular formula is C16H15NO3. The quantitative estimate of drug-likeness (QED) is 0.836. The topological polar surface area (TPSA) is 60.8 Å². The Hall–Kier alpha value is -2.33. The first kappa shape index (κ1) is 12.7. The fraction of sp³-hybridized carbons (Fsp3) is 0.188. The first-order valence-corrected chi connectivity index (χ1v) is 6.55. The van der Waals surface area contributed by atoms with Gasteiger partial charge in [0.2, 0.25) is 0 Å². The SMILES string of the molecule is O=C(c1cccc(O)c1)N1CCC(O)c2ccccc21. The van der Waals surface area contributed by atoms with E-state index in [-0.39, 0.29) is 11.7 Å². The van der Waals surface area contributed by atoms with Crippen LogP contribution in [0.2, 0.25) is 0 Å². The molecule has 1 amide bonds. The van der Waals surface area contributed by atoms with E-state index in [9.17, 15) is 15.0 Å². The lowest BCUT2D eigenvalue weighted by molar-refractivity contribution is 0.0970. The molecule has 0 spiro atoms. The first-order chi connectivity index (χ1) is 9.66. The number of benzene rings is 2. The van der Waals surface area contributed by atoms with E-state index in [1.165, 1.54) is 12.1 Å². The summed E-state index contributed by atoms with van der Waals surface area (Å²) >= 11 is 0. The number of phenols is 1. The maximum absolute atomic E-state index is 12.6. The van der Waals surface area contributed by atoms with Gasteiger partial charge in [0.05, 0.1) is 6.10 Å². The molecule has 1 aliphatic heterocycles. The minimum atomic E-state index is -0.528. The van der Waals surface area contributed by atoms with E-state index in [1.807, 2.05) is 24.3 Å². The third kappa shape index (κ3) is 2.14. The van der Waals surface area contributed by atoms with E-state index in [4.69, 9.17) is 0 Å². The van der Waals surface area contributed by atoms with Crippen LogP contribution in [0.3, 0.4) is 0 Å². The molecule has 4 nitrogen and oxygen atoms in total. The molecule has 3 rings (SSSR count). The van der Waals surface area contributed by atoms with Crippen LogP contribution in [0.1, 0.15) is 28.4 Å². The summed E-state index contributed by atoms with van der Waals surface area (Å²) in [5, 5.41) is 19.5. The second-order valence-electron chi connectivity index (χ2n) is 4.87. The summed E-state index contributed by atoms with van der Waals surface area (Å²) in [6.45, 7) is 0.465. The number of fused-ring (bicyclic) bond motifs is 1. The Morgan fingerprint density at radius 2 is 1.95 bits per heavy atom. The van der Waals surface area contributed by atoms with Crippen LogP contribution in [-0.2, 0) is 0 Å². The Labute approximate surface area is 116 Å². The average molecular weight is 269 g/mol. The molecule has 2 aromatic rings. The number of para-hydroxylation sites is 1. The van der Waals surface area contributed by atoms with Gasteiger partial charge < -0.3 is 15.1 Å². The molecule has 0 aliphatic carbocycles. The molecule has 0 fully saturated rings. The first-order valence-electron chi connectivity index (χ1n) is 6.55. The largest absolute Gasteiger partial charge is 0.508 e. The van der Waals surface area contributed by atoms with E-state index < -0.39 is 6.10 Å². The molecule has 1 atom stereocenters. The van der Waals surface area contributed by atoms with Gasteiger partial charge in [-0.05, 0) is 30.7 Å². The highest BCUT2D eigenvalue weighted by atomic mass is 16.3. The van der Waals surface area contributed by atoms with Crippen LogP contribution < -0.4 is 4.90 Å². The summed E-state index contributed by atoms with van der Waals surface area (Å²) < 4.78 is 0. The second-order valence-corrected chi connectivity index (χ2v) is 4.87. The number of rotatable bonds is 1. The van der Waals surface area contributed by atoms with Crippen molar-refractivity contribution in [3.63, 3.8) is 0 Å². The van der Waals surface area contributed by atoms with E-state index in [0.29, 0.717) is 18.5 Å². The number of aliphatic hydroxyl groups excluding tert-OH is 1. The summed E-state index contributed by atoms with van der Waals surface area (Å²) in [5.74, 6) is -0.0959. The van der Waals surface area contributed by atoms with Crippen molar-refractivity contribution in [3.8, 4) is 5.75 Å². The monoisotopic (exact) mass is 269 g/mol. The number of aromatic hydroxyl groups is 1. The van der Waals surface area contributed by atoms with Gasteiger partial charge in [0.1, 0.15) is 5.75 Å². The van der Waals surface area contributed by atoms with Crippen molar-refractivity contribution in [1.29, 1.82) is 0 Å². The van der Waals surface area contributed by atoms with Crippen LogP contribution in [0.4, 0.5) is 5.69 Å². The number of amides is 1. The van der Waals surface area contributed by atoms with Crippen molar-refractivity contribution >= 4 is 11.6 Å². The summed E-state index contributed by atoms with van der Waals surface area (Å²) in [5.41, 5.74) is 1.95. The minimum Gasteiger partial charge on any atom is -0.508 e. The molecule has 4 heteroatoms. The number of anilines is 1. The molecular weight excluding hydrogens is 254 g/mol. The third-order valence-corrected chi connectivity index (χ3v) is 3.55. The predicted octanol–water partition coefficient (Wildman–Crippen LogP) is 2.48. The Kier molecular flexibility index (Phi) is 3.16. The Morgan fingerprint density at radius 1 is 1.15 bits per heavy atom. The lowest BCUT2D eigenvalue weighted by atomic mass is 9.98. The van der Waals surface area contributed by atoms with Crippen LogP contribution in [0.15, 0.2) is 48.5 Å². The van der Waals surface area contributed by atoms with Gasteiger partial charge in [0.25, 0.3) is 5.91 Å². The van der Waals surface area contributed by atoms with Crippen molar-refractivity contribution in [2.24, 2.45) is 0 Å². The highest BCUT2D eigenvalue weighted by Crippen LogP contribution is 2.34. The minimum absolute atomic E-state index is 0.0705. The van der Waals surface area contributed by atoms with Gasteiger partial charge in [-0.2, -0.15) is 0 Å². The lowest BCUT2D eigenvalue weighted by Gasteiger charge is -2.32. The standard InChI is InChI=1S/C16H15NO3/c18-12-5-3-4-11(10-12)16(20)17-9-8-15(19)13-6-1-2-7-14(13)17/h1-7,10,15,18-19H,8-9H2. The smallest absolute Gasteiger partial charge is 0.258 e. The number of aliphatic hydroxyl groups is 1. The van der Waals surface area contributed by atoms with E-state index in [0.717, 1.165) is 11.3 Å². The van der Waals surface area contributed by atoms with Gasteiger partial charge in [-0.25, -0.2) is 0 Å². The van der Waals surface area contributed by atoms with E-state index in [2.05, 4.69) is 0 Å². The fourth-order valence-corrected chi connectivity index (χ4v) is 2.55. The fourth-order valence-electron chi connectivity index (χ4n) is 2.55. The maximum atomic E-state index is 12.6. The number of phenolic OH excluding ortho intramolecular Hbond substituents is 1. The predicted molar refractivity (Wildman–Crippen MR) is 75.8 cm³/mol. The highest BCUT2D eigenvalue weighted by Gasteiger charge is 2.27. The highest BCUT2D eigenvalue weighted by molar-refractivity contribution is 6.07. The van der Waals surface area contributed by atoms with Gasteiger partial charge in [0, 0.05) is 23.4 Å². The normalized spacial score (nSPS) is 17.6. The second kappa shape index (κ2) is 4.98. The molecule has 0 aromatic heterocycles. The average Bonchev–Trinajstić information content (AvgIpc) is 2.47. The summed E-state index contributed by atoms with van der Waals surface area (Å²) in [6.07, 6.45) is -0.0129. The Bertz CT molecular complexity index is 654. The van der Waals surface area contributed by atoms with Crippen LogP contribution in [-0.4, -0.2) is 22.7 Å². The van der Waals surface area contributed by atoms with Crippen molar-refractivity contribution in [2.45, 2.75) is 12.5 Å². The van der Waals surface area contributed by atoms with Gasteiger partial charge >= 0.3 is 0 Å². The molecule has 2 aromatic carbocycles. The van der Waals surface area contributed by atoms with Crippen molar-refractivity contribution in [1.82, 2.24) is 0 Å². The maximum Gasteiger partial charge on any atom is 0.258 e. The van der Waals surface area contributed by atoms with Crippen molar-refractivity contribution in [2.75, 3.05) is 11.4 Å². The zero-order valence-electron chi connectivity index (χ0n) is 10.9. The van der Waals surface area contributed by atoms with Crippen LogP contribution in [0.25, 0.3) is 0 Å². The molecule has 0 saturated carbocycles. The molecule has 0 bridgehead atoms. The molecule has 1 unspecified atom stereocenters. The number of hydrogen-bond acceptors (Lipinski definition) is 3. The molecule has 1 heterocycles. The summed E-state index contributed by atoms with van der Waals surface area (Å²) in [7, 11) is 0. The van der Waals surface area contributed by atoms with Gasteiger partial charge in [-0.15, -0.1) is 0 Å². The summed E-state index contributed by atoms with van der Waals surface area (Å²) in [6, 6.07) is 13.7. The van der Waals surface area contributed by atoms with Gasteiger partial charge in [-0.1, -0.05) is 24.3 Å². The molecule has 1 aliphatic rings. The lowest BCUT2D eigenvalue weighted by Crippen LogP contribution is -2.36. The number of carbonyl (C=O) groups is 1. The number of carbonyl (C=O) groups excluding carboxylic acids is 1. The molecule has 0 radical (unpaired) electrons. The molecule has 2 N–H and O–H groups in total. The van der Waals surface area contributed by atoms with Crippen LogP contribution >= 0.6 is 0 Å². The van der Waals surface area contributed by atoms with Crippen LogP contribution in [0.5, 0.6) is 5.75 Å². The van der Waals surface area contributed by atoms with E-state index in [1.54, 1.807) is 17.0 Å². The molecule has 20 heavy (non-hydrogen) atoms. The Morgan fingerprint density at radius 3 is 2.75 bits per heavy atom. The molecule has 0 saturated heterocycles. The third-order valence-electron chi connectivity index (χ3n) is 3.55. The number of hydrogen-bond donors (Lipinski definition) is 2. The zero-order valence-corrected chi connectivity index (χ0v) is 10.9. The van der Waals surface area contributed by atoms with Crippen molar-refractivity contribution in [3.05, 3.63) is 59.7 Å². The van der Waals surface area contributed by atoms with Gasteiger partial charge in [0.15, 0.2) is 0 Å². The summed E-state index contributed by atoms with van der Waals surface area (Å²) in [4.78, 5) is 14.2. The van der Waals surface area contributed by atoms with Gasteiger partial charge in [-0.3, -0.25) is 4.79 Å². The van der Waals surface area contributed by atoms with Crippen LogP contribution in [0, 0.1) is 0 Å².